The summed E-state index contributed by atoms with van der Waals surface area (Å²) in [7, 11) is -1.87. The zero-order valence-corrected chi connectivity index (χ0v) is 22.5. The van der Waals surface area contributed by atoms with Gasteiger partial charge in [0.2, 0.25) is 0 Å². The number of pyridine rings is 1. The molecule has 38 heavy (non-hydrogen) atoms. The highest BCUT2D eigenvalue weighted by molar-refractivity contribution is 7.90. The van der Waals surface area contributed by atoms with Gasteiger partial charge in [0.1, 0.15) is 17.6 Å². The van der Waals surface area contributed by atoms with Crippen LogP contribution in [0.4, 0.5) is 4.79 Å². The molecule has 3 aromatic rings. The van der Waals surface area contributed by atoms with E-state index in [0.29, 0.717) is 17.9 Å². The normalized spacial score (nSPS) is 19.8. The molecule has 1 saturated heterocycles. The number of aromatic nitrogens is 1. The fourth-order valence-corrected chi connectivity index (χ4v) is 5.66. The van der Waals surface area contributed by atoms with Crippen LogP contribution in [0.15, 0.2) is 76.6 Å². The average Bonchev–Trinajstić information content (AvgIpc) is 2.88. The van der Waals surface area contributed by atoms with Crippen molar-refractivity contribution < 1.29 is 27.8 Å². The van der Waals surface area contributed by atoms with Gasteiger partial charge in [0.05, 0.1) is 4.90 Å². The van der Waals surface area contributed by atoms with Crippen molar-refractivity contribution in [3.05, 3.63) is 88.3 Å². The third-order valence-corrected chi connectivity index (χ3v) is 8.03. The number of carboxylic acid groups (broad SMARTS) is 1. The van der Waals surface area contributed by atoms with E-state index in [1.165, 1.54) is 34.8 Å². The summed E-state index contributed by atoms with van der Waals surface area (Å²) in [5.41, 5.74) is 1.32. The van der Waals surface area contributed by atoms with E-state index in [-0.39, 0.29) is 23.4 Å². The maximum Gasteiger partial charge on any atom is 0.409 e. The van der Waals surface area contributed by atoms with Gasteiger partial charge in [0.15, 0.2) is 9.84 Å². The number of nitrogens with zero attached hydrogens (tertiary/aromatic N) is 2. The minimum absolute atomic E-state index is 0.169. The number of amides is 1. The Kier molecular flexibility index (Phi) is 7.94. The largest absolute Gasteiger partial charge is 0.482 e. The van der Waals surface area contributed by atoms with E-state index in [0.717, 1.165) is 30.2 Å². The molecule has 2 unspecified atom stereocenters. The first-order valence-electron chi connectivity index (χ1n) is 12.4. The molecule has 2 heterocycles. The second-order valence-electron chi connectivity index (χ2n) is 9.46. The van der Waals surface area contributed by atoms with Crippen LogP contribution < -0.4 is 10.3 Å². The Morgan fingerprint density at radius 3 is 2.45 bits per heavy atom. The topological polar surface area (TPSA) is 115 Å². The summed E-state index contributed by atoms with van der Waals surface area (Å²) in [5, 5.41) is 9.67. The van der Waals surface area contributed by atoms with Gasteiger partial charge in [-0.15, -0.1) is 0 Å². The van der Waals surface area contributed by atoms with Gasteiger partial charge in [-0.2, -0.15) is 0 Å². The lowest BCUT2D eigenvalue weighted by Gasteiger charge is -2.45. The van der Waals surface area contributed by atoms with Gasteiger partial charge in [-0.05, 0) is 47.9 Å². The van der Waals surface area contributed by atoms with Gasteiger partial charge in [0.25, 0.3) is 5.56 Å². The molecule has 0 bridgehead atoms. The molecule has 0 aliphatic carbocycles. The summed E-state index contributed by atoms with van der Waals surface area (Å²) in [6, 6.07) is 17.1. The highest BCUT2D eigenvalue weighted by Gasteiger charge is 2.46. The fourth-order valence-electron chi connectivity index (χ4n) is 5.03. The molecular formula is C28H32N2O7S. The summed E-state index contributed by atoms with van der Waals surface area (Å²) in [6.45, 7) is 2.30. The van der Waals surface area contributed by atoms with Crippen LogP contribution in [0.25, 0.3) is 5.69 Å². The van der Waals surface area contributed by atoms with Gasteiger partial charge in [-0.25, -0.2) is 13.2 Å². The van der Waals surface area contributed by atoms with Gasteiger partial charge in [-0.3, -0.25) is 14.3 Å². The molecule has 10 heteroatoms. The Hall–Kier alpha value is -3.63. The van der Waals surface area contributed by atoms with Crippen LogP contribution in [0.2, 0.25) is 0 Å². The van der Waals surface area contributed by atoms with Crippen LogP contribution in [-0.2, 0) is 26.6 Å². The lowest BCUT2D eigenvalue weighted by atomic mass is 9.80. The van der Waals surface area contributed by atoms with Crippen LogP contribution in [0.5, 0.6) is 5.75 Å². The Bertz CT molecular complexity index is 1470. The number of sulfone groups is 1. The van der Waals surface area contributed by atoms with E-state index in [1.807, 2.05) is 24.3 Å². The highest BCUT2D eigenvalue weighted by atomic mass is 32.2. The maximum atomic E-state index is 13.1. The number of hydrogen-bond acceptors (Lipinski definition) is 6. The van der Waals surface area contributed by atoms with E-state index in [9.17, 15) is 23.1 Å². The highest BCUT2D eigenvalue weighted by Crippen LogP contribution is 2.42. The van der Waals surface area contributed by atoms with E-state index >= 15 is 0 Å². The quantitative estimate of drug-likeness (QED) is 0.455. The van der Waals surface area contributed by atoms with Gasteiger partial charge in [-0.1, -0.05) is 37.6 Å². The smallest absolute Gasteiger partial charge is 0.409 e. The Balaban J connectivity index is 1.72. The lowest BCUT2D eigenvalue weighted by molar-refractivity contribution is -0.112. The zero-order valence-electron chi connectivity index (χ0n) is 21.7. The number of hydrogen-bond donors (Lipinski definition) is 1. The van der Waals surface area contributed by atoms with Crippen molar-refractivity contribution in [2.24, 2.45) is 0 Å². The molecule has 2 atom stereocenters. The van der Waals surface area contributed by atoms with Gasteiger partial charge >= 0.3 is 6.09 Å². The lowest BCUT2D eigenvalue weighted by Crippen LogP contribution is -2.54. The number of aryl methyl sites for hydroxylation is 1. The Labute approximate surface area is 222 Å². The van der Waals surface area contributed by atoms with Crippen molar-refractivity contribution in [3.8, 4) is 11.4 Å². The molecule has 1 fully saturated rings. The van der Waals surface area contributed by atoms with E-state index in [2.05, 4.69) is 6.92 Å². The minimum Gasteiger partial charge on any atom is -0.482 e. The number of benzene rings is 2. The first-order chi connectivity index (χ1) is 18.1. The molecule has 1 amide bonds. The van der Waals surface area contributed by atoms with E-state index in [1.54, 1.807) is 24.4 Å². The monoisotopic (exact) mass is 540 g/mol. The molecule has 0 spiro atoms. The van der Waals surface area contributed by atoms with Crippen molar-refractivity contribution in [2.75, 3.05) is 19.9 Å². The molecule has 1 N–H and O–H groups in total. The number of likely N-dealkylation sites (tertiary alicyclic amines) is 1. The van der Waals surface area contributed by atoms with Crippen LogP contribution in [0, 0.1) is 0 Å². The summed E-state index contributed by atoms with van der Waals surface area (Å²) in [4.78, 5) is 26.3. The van der Waals surface area contributed by atoms with Gasteiger partial charge < -0.3 is 14.6 Å². The molecule has 202 valence electrons. The summed E-state index contributed by atoms with van der Waals surface area (Å²) in [6.07, 6.45) is 3.33. The van der Waals surface area contributed by atoms with Crippen molar-refractivity contribution in [1.29, 1.82) is 0 Å². The summed E-state index contributed by atoms with van der Waals surface area (Å²) < 4.78 is 37.1. The third-order valence-electron chi connectivity index (χ3n) is 6.90. The summed E-state index contributed by atoms with van der Waals surface area (Å²) in [5.74, 6) is 0.351. The fraction of sp³-hybridized carbons (Fsp3) is 0.357. The van der Waals surface area contributed by atoms with Crippen LogP contribution in [0.3, 0.4) is 0 Å². The van der Waals surface area contributed by atoms with Gasteiger partial charge in [0, 0.05) is 50.7 Å². The third kappa shape index (κ3) is 5.61. The summed E-state index contributed by atoms with van der Waals surface area (Å²) >= 11 is 0. The second kappa shape index (κ2) is 11.0. The van der Waals surface area contributed by atoms with Crippen molar-refractivity contribution in [2.45, 2.75) is 49.3 Å². The van der Waals surface area contributed by atoms with Crippen LogP contribution >= 0.6 is 0 Å². The number of carbonyl (C=O) groups is 1. The number of piperidine rings is 1. The van der Waals surface area contributed by atoms with Crippen LogP contribution in [-0.4, -0.2) is 55.2 Å². The van der Waals surface area contributed by atoms with E-state index < -0.39 is 27.8 Å². The molecule has 0 radical (unpaired) electrons. The maximum absolute atomic E-state index is 13.1. The second-order valence-corrected chi connectivity index (χ2v) is 11.5. The molecule has 1 aliphatic rings. The molecule has 1 aliphatic heterocycles. The van der Waals surface area contributed by atoms with Crippen molar-refractivity contribution in [1.82, 2.24) is 9.47 Å². The van der Waals surface area contributed by atoms with Crippen molar-refractivity contribution >= 4 is 15.9 Å². The minimum atomic E-state index is -3.35. The first-order valence-corrected chi connectivity index (χ1v) is 14.3. The molecule has 1 aromatic heterocycles. The predicted octanol–water partition coefficient (Wildman–Crippen LogP) is 4.21. The predicted molar refractivity (Wildman–Crippen MR) is 143 cm³/mol. The Morgan fingerprint density at radius 1 is 1.13 bits per heavy atom. The standard InChI is InChI=1S/C28H32N2O7S/c1-4-7-20-8-5-6-9-24(20)28(15-17-30(27(32)33)26(19-28)36-2)37-22-14-16-29(25(31)18-22)21-10-12-23(13-11-21)38(3,34)35/h5-6,8-14,16,18,26H,4,7,15,17,19H2,1-3H3,(H,32,33). The SMILES string of the molecule is CCCc1ccccc1C1(Oc2ccn(-c3ccc(S(C)(=O)=O)cc3)c(=O)c2)CCN(C(=O)O)C(OC)C1. The average molecular weight is 541 g/mol. The number of ether oxygens (including phenoxy) is 2. The molecular weight excluding hydrogens is 508 g/mol. The van der Waals surface area contributed by atoms with E-state index in [4.69, 9.17) is 9.47 Å². The molecule has 9 nitrogen and oxygen atoms in total. The first kappa shape index (κ1) is 27.4. The molecule has 0 saturated carbocycles. The number of rotatable bonds is 8. The number of methoxy groups -OCH3 is 1. The Morgan fingerprint density at radius 2 is 1.84 bits per heavy atom. The van der Waals surface area contributed by atoms with Crippen LogP contribution in [0.1, 0.15) is 37.3 Å². The van der Waals surface area contributed by atoms with Crippen molar-refractivity contribution in [3.63, 3.8) is 0 Å². The molecule has 4 rings (SSSR count). The molecule has 2 aromatic carbocycles. The zero-order chi connectivity index (χ0) is 27.5.